The Balaban J connectivity index is 1.10. The largest absolute Gasteiger partial charge is 0.311 e. The predicted octanol–water partition coefficient (Wildman–Crippen LogP) is 11.4. The van der Waals surface area contributed by atoms with Crippen molar-refractivity contribution in [3.05, 3.63) is 169 Å². The summed E-state index contributed by atoms with van der Waals surface area (Å²) in [6, 6.07) is 46.1. The molecule has 0 bridgehead atoms. The summed E-state index contributed by atoms with van der Waals surface area (Å²) >= 11 is 1.63. The number of pyridine rings is 4. The maximum atomic E-state index is 4.90. The number of fused-ring (bicyclic) bond motifs is 3. The van der Waals surface area contributed by atoms with Crippen molar-refractivity contribution in [1.82, 2.24) is 19.9 Å². The second kappa shape index (κ2) is 13.7. The summed E-state index contributed by atoms with van der Waals surface area (Å²) in [7, 11) is 1.83. The molecule has 0 aliphatic carbocycles. The summed E-state index contributed by atoms with van der Waals surface area (Å²) in [6.07, 6.45) is 7.23. The monoisotopic (exact) mass is 701 g/mol. The Kier molecular flexibility index (Phi) is 8.26. The molecule has 0 saturated carbocycles. The Bertz CT molecular complexity index is 2680. The smallest absolute Gasteiger partial charge is 0.125 e. The summed E-state index contributed by atoms with van der Waals surface area (Å²) in [6.45, 7) is 3.87. The first-order valence-electron chi connectivity index (χ1n) is 17.2. The van der Waals surface area contributed by atoms with E-state index in [1.165, 1.54) is 0 Å². The molecular weight excluding hydrogens is 671 g/mol. The number of nitrogens with zero attached hydrogens (tertiary/aromatic N) is 7. The van der Waals surface area contributed by atoms with E-state index in [-0.39, 0.29) is 0 Å². The average molecular weight is 702 g/mol. The van der Waals surface area contributed by atoms with Gasteiger partial charge in [0.25, 0.3) is 0 Å². The lowest BCUT2D eigenvalue weighted by atomic mass is 10.00. The van der Waals surface area contributed by atoms with Crippen molar-refractivity contribution in [1.29, 1.82) is 0 Å². The maximum Gasteiger partial charge on any atom is 0.125 e. The van der Waals surface area contributed by atoms with Crippen molar-refractivity contribution >= 4 is 77.7 Å². The van der Waals surface area contributed by atoms with Crippen LogP contribution in [0.3, 0.4) is 0 Å². The minimum absolute atomic E-state index is 0.868. The Morgan fingerprint density at radius 3 is 1.66 bits per heavy atom. The van der Waals surface area contributed by atoms with Crippen LogP contribution in [0.5, 0.6) is 0 Å². The van der Waals surface area contributed by atoms with Crippen molar-refractivity contribution < 1.29 is 0 Å². The zero-order chi connectivity index (χ0) is 35.7. The highest BCUT2D eigenvalue weighted by Crippen LogP contribution is 2.40. The lowest BCUT2D eigenvalue weighted by Gasteiger charge is -2.26. The molecule has 0 atom stereocenters. The Morgan fingerprint density at radius 1 is 0.604 bits per heavy atom. The maximum absolute atomic E-state index is 4.90. The summed E-state index contributed by atoms with van der Waals surface area (Å²) < 4.78 is 1.16. The van der Waals surface area contributed by atoms with Gasteiger partial charge in [0, 0.05) is 92.0 Å². The van der Waals surface area contributed by atoms with Crippen molar-refractivity contribution in [2.45, 2.75) is 0 Å². The van der Waals surface area contributed by atoms with Crippen molar-refractivity contribution in [3.8, 4) is 22.5 Å². The molecule has 5 heterocycles. The first-order chi connectivity index (χ1) is 26.2. The number of hydrogen-bond donors (Lipinski definition) is 0. The minimum atomic E-state index is 0.868. The average Bonchev–Trinajstić information content (AvgIpc) is 3.60. The van der Waals surface area contributed by atoms with Gasteiger partial charge in [-0.25, -0.2) is 9.97 Å². The van der Waals surface area contributed by atoms with Crippen LogP contribution in [0, 0.1) is 0 Å². The van der Waals surface area contributed by atoms with Gasteiger partial charge in [0.2, 0.25) is 0 Å². The number of rotatable bonds is 8. The van der Waals surface area contributed by atoms with Crippen LogP contribution in [-0.4, -0.2) is 39.4 Å². The van der Waals surface area contributed by atoms with Crippen molar-refractivity contribution in [2.75, 3.05) is 11.9 Å². The van der Waals surface area contributed by atoms with Gasteiger partial charge >= 0.3 is 0 Å². The van der Waals surface area contributed by atoms with Gasteiger partial charge in [-0.2, -0.15) is 0 Å². The number of anilines is 3. The second-order valence-corrected chi connectivity index (χ2v) is 13.5. The molecule has 0 amide bonds. The third-order valence-corrected chi connectivity index (χ3v) is 10.5. The fourth-order valence-electron chi connectivity index (χ4n) is 6.79. The van der Waals surface area contributed by atoms with E-state index in [2.05, 4.69) is 130 Å². The molecule has 0 spiro atoms. The predicted molar refractivity (Wildman–Crippen MR) is 221 cm³/mol. The number of benzene rings is 4. The molecule has 9 rings (SSSR count). The summed E-state index contributed by atoms with van der Waals surface area (Å²) in [4.78, 5) is 29.7. The molecule has 0 radical (unpaired) electrons. The molecule has 0 saturated heterocycles. The minimum Gasteiger partial charge on any atom is -0.311 e. The Labute approximate surface area is 310 Å². The summed E-state index contributed by atoms with van der Waals surface area (Å²) in [5, 5.41) is 4.03. The fraction of sp³-hybridized carbons (Fsp3) is 0.0222. The SMILES string of the molecule is C=Nc1sc2ccccc2c1C(=NC)c1ccc(N(c2ccc(-c3ccc4cnccc4n3)cc2)c2ccc(-c3ccc4cnccc4n3)cc2)cc1. The Morgan fingerprint density at radius 2 is 1.13 bits per heavy atom. The molecule has 7 nitrogen and oxygen atoms in total. The number of aromatic nitrogens is 4. The van der Waals surface area contributed by atoms with Crippen LogP contribution >= 0.6 is 11.3 Å². The number of hydrogen-bond acceptors (Lipinski definition) is 8. The van der Waals surface area contributed by atoms with E-state index >= 15 is 0 Å². The zero-order valence-electron chi connectivity index (χ0n) is 28.8. The van der Waals surface area contributed by atoms with Gasteiger partial charge in [0.05, 0.1) is 28.1 Å². The van der Waals surface area contributed by atoms with E-state index < -0.39 is 0 Å². The summed E-state index contributed by atoms with van der Waals surface area (Å²) in [5.41, 5.74) is 11.7. The van der Waals surface area contributed by atoms with Gasteiger partial charge in [0.1, 0.15) is 5.00 Å². The van der Waals surface area contributed by atoms with Gasteiger partial charge in [-0.1, -0.05) is 54.6 Å². The Hall–Kier alpha value is -6.90. The topological polar surface area (TPSA) is 79.5 Å². The molecule has 8 heteroatoms. The second-order valence-electron chi connectivity index (χ2n) is 12.5. The van der Waals surface area contributed by atoms with Gasteiger partial charge < -0.3 is 4.90 Å². The van der Waals surface area contributed by atoms with E-state index in [4.69, 9.17) is 15.0 Å². The molecule has 0 N–H and O–H groups in total. The van der Waals surface area contributed by atoms with E-state index in [1.807, 2.05) is 49.8 Å². The lowest BCUT2D eigenvalue weighted by molar-refractivity contribution is 1.27. The van der Waals surface area contributed by atoms with Crippen LogP contribution in [0.25, 0.3) is 54.4 Å². The molecule has 0 aliphatic heterocycles. The van der Waals surface area contributed by atoms with E-state index in [0.29, 0.717) is 0 Å². The standard InChI is InChI=1S/C45H31N7S/c1-46-44(43-37-5-3-4-6-42(37)53-45(43)47-2)31-11-19-36(20-12-31)52(34-15-7-29(8-16-34)38-21-13-32-27-48-25-23-40(32)50-38)35-17-9-30(10-18-35)39-22-14-33-28-49-26-24-41(33)51-39/h3-28H,2H2,1H3. The molecule has 0 unspecified atom stereocenters. The fourth-order valence-corrected chi connectivity index (χ4v) is 7.80. The van der Waals surface area contributed by atoms with Crippen LogP contribution < -0.4 is 4.90 Å². The molecule has 252 valence electrons. The number of aliphatic imine (C=N–C) groups is 2. The molecule has 4 aromatic carbocycles. The highest BCUT2D eigenvalue weighted by atomic mass is 32.1. The van der Waals surface area contributed by atoms with Gasteiger partial charge in [-0.05, 0) is 85.6 Å². The first-order valence-corrected chi connectivity index (χ1v) is 18.0. The third kappa shape index (κ3) is 6.01. The molecule has 53 heavy (non-hydrogen) atoms. The summed E-state index contributed by atoms with van der Waals surface area (Å²) in [5.74, 6) is 0. The highest BCUT2D eigenvalue weighted by Gasteiger charge is 2.19. The lowest BCUT2D eigenvalue weighted by Crippen LogP contribution is -2.10. The van der Waals surface area contributed by atoms with Crippen molar-refractivity contribution in [3.63, 3.8) is 0 Å². The molecule has 5 aromatic heterocycles. The highest BCUT2D eigenvalue weighted by molar-refractivity contribution is 7.23. The van der Waals surface area contributed by atoms with Gasteiger partial charge in [-0.15, -0.1) is 11.3 Å². The quantitative estimate of drug-likeness (QED) is 0.147. The van der Waals surface area contributed by atoms with Crippen LogP contribution in [0.2, 0.25) is 0 Å². The van der Waals surface area contributed by atoms with Crippen molar-refractivity contribution in [2.24, 2.45) is 9.98 Å². The normalized spacial score (nSPS) is 11.7. The van der Waals surface area contributed by atoms with Crippen LogP contribution in [0.4, 0.5) is 22.1 Å². The van der Waals surface area contributed by atoms with Crippen LogP contribution in [0.1, 0.15) is 11.1 Å². The van der Waals surface area contributed by atoms with Crippen LogP contribution in [0.15, 0.2) is 168 Å². The van der Waals surface area contributed by atoms with Gasteiger partial charge in [-0.3, -0.25) is 20.0 Å². The van der Waals surface area contributed by atoms with E-state index in [1.54, 1.807) is 23.7 Å². The molecule has 0 aliphatic rings. The van der Waals surface area contributed by atoms with E-state index in [0.717, 1.165) is 93.3 Å². The molecule has 0 fully saturated rings. The first kappa shape index (κ1) is 32.0. The zero-order valence-corrected chi connectivity index (χ0v) is 29.6. The van der Waals surface area contributed by atoms with E-state index in [9.17, 15) is 0 Å². The third-order valence-electron chi connectivity index (χ3n) is 9.40. The van der Waals surface area contributed by atoms with Gasteiger partial charge in [0.15, 0.2) is 0 Å². The molecule has 9 aromatic rings. The number of thiophene rings is 1. The molecular formula is C45H31N7S. The van der Waals surface area contributed by atoms with Crippen LogP contribution in [-0.2, 0) is 0 Å².